The minimum Gasteiger partial charge on any atom is -0.473 e. The van der Waals surface area contributed by atoms with Gasteiger partial charge in [-0.2, -0.15) is 11.8 Å². The van der Waals surface area contributed by atoms with Crippen molar-refractivity contribution >= 4 is 56.8 Å². The fourth-order valence-corrected chi connectivity index (χ4v) is 11.9. The van der Waals surface area contributed by atoms with Crippen molar-refractivity contribution in [1.29, 1.82) is 0 Å². The summed E-state index contributed by atoms with van der Waals surface area (Å²) in [5.41, 5.74) is 43.5. The van der Waals surface area contributed by atoms with E-state index >= 15 is 0 Å². The van der Waals surface area contributed by atoms with Gasteiger partial charge in [-0.1, -0.05) is 0 Å². The number of hydrogen-bond donors (Lipinski definition) is 16. The Morgan fingerprint density at radius 2 is 1.31 bits per heavy atom. The van der Waals surface area contributed by atoms with Crippen LogP contribution in [0, 0.1) is 5.92 Å². The van der Waals surface area contributed by atoms with E-state index < -0.39 is 116 Å². The molecule has 1 saturated carbocycles. The molecule has 19 atom stereocenters. The van der Waals surface area contributed by atoms with Crippen molar-refractivity contribution in [3.8, 4) is 28.5 Å². The van der Waals surface area contributed by atoms with Gasteiger partial charge >= 0.3 is 0 Å². The number of aliphatic hydroxyl groups is 6. The first-order valence-corrected chi connectivity index (χ1v) is 28.7. The maximum absolute atomic E-state index is 11.8. The fraction of sp³-hybridized carbons (Fsp3) is 0.596. The molecule has 3 aromatic carbocycles. The molecule has 4 saturated heterocycles. The van der Waals surface area contributed by atoms with Gasteiger partial charge in [0.05, 0.1) is 52.5 Å². The zero-order valence-electron chi connectivity index (χ0n) is 44.6. The monoisotopic (exact) mass is 1170 g/mol. The first-order chi connectivity index (χ1) is 39.0. The summed E-state index contributed by atoms with van der Waals surface area (Å²) in [4.78, 5) is 21.5. The Labute approximate surface area is 476 Å². The highest BCUT2D eigenvalue weighted by Gasteiger charge is 2.54. The third kappa shape index (κ3) is 13.2. The van der Waals surface area contributed by atoms with E-state index in [1.54, 1.807) is 0 Å². The molecule has 0 spiro atoms. The van der Waals surface area contributed by atoms with E-state index in [-0.39, 0.29) is 32.0 Å². The van der Waals surface area contributed by atoms with Crippen molar-refractivity contribution in [3.63, 3.8) is 0 Å². The first-order valence-electron chi connectivity index (χ1n) is 27.2. The maximum Gasteiger partial charge on any atom is 0.187 e. The van der Waals surface area contributed by atoms with Gasteiger partial charge in [0, 0.05) is 92.1 Å². The Balaban J connectivity index is 0.709. The van der Waals surface area contributed by atoms with E-state index in [9.17, 15) is 30.6 Å². The molecule has 27 nitrogen and oxygen atoms in total. The van der Waals surface area contributed by atoms with Crippen LogP contribution in [0.25, 0.3) is 44.8 Å². The van der Waals surface area contributed by atoms with Gasteiger partial charge < -0.3 is 129 Å². The van der Waals surface area contributed by atoms with Crippen LogP contribution in [0.4, 0.5) is 5.69 Å². The van der Waals surface area contributed by atoms with Crippen LogP contribution in [0.15, 0.2) is 60.7 Å². The number of likely N-dealkylation sites (N-methyl/N-ethyl adjacent to an activating group) is 1. The van der Waals surface area contributed by atoms with Crippen LogP contribution >= 0.6 is 24.0 Å². The highest BCUT2D eigenvalue weighted by molar-refractivity contribution is 7.99. The summed E-state index contributed by atoms with van der Waals surface area (Å²) in [7, 11) is 2.15. The van der Waals surface area contributed by atoms with Crippen molar-refractivity contribution in [1.82, 2.24) is 35.5 Å². The molecule has 0 radical (unpaired) electrons. The number of nitrogens with zero attached hydrogens (tertiary/aromatic N) is 4. The minimum absolute atomic E-state index is 0.0795. The summed E-state index contributed by atoms with van der Waals surface area (Å²) < 4.78 is 42.3. The SMILES string of the molecule is CN1CCN(c2ccc3nc(-c4ccc5nc(-c6ccc(OCNC(=S)NCCSC[C@H]7O[C@@H](O[C@@H]8[C@H](O)[C@H](N)C[C@H](N)[C@H]8O[C@H]8O[C@H](CN)[C@@H](O)[C@H](O)[C@@H]8N)[C@H](O)[C@@H]7O[C@@H]7O[C@@H](O)[C@@H](CN)[C@H](O)[C@@H]7N)cc6)[nH]c5c4)[nH]c3c2)CC1. The van der Waals surface area contributed by atoms with Crippen LogP contribution in [0.3, 0.4) is 0 Å². The van der Waals surface area contributed by atoms with Crippen LogP contribution < -0.4 is 54.7 Å². The molecule has 1 aliphatic carbocycles. The number of nitrogens with two attached hydrogens (primary N) is 6. The van der Waals surface area contributed by atoms with Crippen LogP contribution in [0.2, 0.25) is 0 Å². The van der Waals surface area contributed by atoms with Crippen LogP contribution in [-0.4, -0.2) is 242 Å². The fourth-order valence-electron chi connectivity index (χ4n) is 10.9. The van der Waals surface area contributed by atoms with Gasteiger partial charge in [0.1, 0.15) is 60.1 Å². The van der Waals surface area contributed by atoms with Gasteiger partial charge in [-0.05, 0) is 86.4 Å². The van der Waals surface area contributed by atoms with Crippen LogP contribution in [0.1, 0.15) is 6.42 Å². The molecule has 6 heterocycles. The number of H-pyrrole nitrogens is 2. The van der Waals surface area contributed by atoms with E-state index in [0.717, 1.165) is 65.2 Å². The summed E-state index contributed by atoms with van der Waals surface area (Å²) in [5, 5.41) is 72.4. The lowest BCUT2D eigenvalue weighted by atomic mass is 9.84. The topological polar surface area (TPSA) is 430 Å². The Hall–Kier alpha value is -4.52. The molecule has 444 valence electrons. The molecular weight excluding hydrogens is 1090 g/mol. The lowest BCUT2D eigenvalue weighted by Crippen LogP contribution is -2.68. The molecule has 22 N–H and O–H groups in total. The number of piperazine rings is 1. The molecule has 10 rings (SSSR count). The number of thiocarbonyl (C=S) groups is 1. The van der Waals surface area contributed by atoms with Crippen molar-refractivity contribution in [2.45, 2.75) is 117 Å². The predicted molar refractivity (Wildman–Crippen MR) is 304 cm³/mol. The molecule has 81 heavy (non-hydrogen) atoms. The number of aromatic nitrogens is 4. The lowest BCUT2D eigenvalue weighted by molar-refractivity contribution is -0.315. The van der Waals surface area contributed by atoms with E-state index in [4.69, 9.17) is 89.7 Å². The molecule has 2 aromatic heterocycles. The molecule has 4 aliphatic heterocycles. The summed E-state index contributed by atoms with van der Waals surface area (Å²) >= 11 is 6.94. The second-order valence-electron chi connectivity index (χ2n) is 21.3. The van der Waals surface area contributed by atoms with Gasteiger partial charge in [-0.15, -0.1) is 0 Å². The van der Waals surface area contributed by atoms with Gasteiger partial charge in [0.25, 0.3) is 0 Å². The Morgan fingerprint density at radius 1 is 0.679 bits per heavy atom. The number of hydrogen-bond acceptors (Lipinski definition) is 25. The highest BCUT2D eigenvalue weighted by Crippen LogP contribution is 2.36. The second-order valence-corrected chi connectivity index (χ2v) is 22.9. The first kappa shape index (κ1) is 59.6. The number of benzene rings is 3. The van der Waals surface area contributed by atoms with E-state index in [1.807, 2.05) is 36.4 Å². The van der Waals surface area contributed by atoms with Gasteiger partial charge in [0.2, 0.25) is 0 Å². The lowest BCUT2D eigenvalue weighted by Gasteiger charge is -2.47. The third-order valence-corrected chi connectivity index (χ3v) is 17.1. The number of anilines is 1. The quantitative estimate of drug-likeness (QED) is 0.0216. The number of fused-ring (bicyclic) bond motifs is 2. The van der Waals surface area contributed by atoms with Gasteiger partial charge in [0.15, 0.2) is 37.0 Å². The second kappa shape index (κ2) is 26.2. The van der Waals surface area contributed by atoms with Crippen LogP contribution in [0.5, 0.6) is 5.75 Å². The number of imidazole rings is 2. The van der Waals surface area contributed by atoms with E-state index in [2.05, 4.69) is 61.7 Å². The largest absolute Gasteiger partial charge is 0.473 e. The van der Waals surface area contributed by atoms with Crippen LogP contribution in [-0.2, 0) is 28.4 Å². The number of thioether (sulfide) groups is 1. The number of rotatable bonds is 19. The highest BCUT2D eigenvalue weighted by atomic mass is 32.2. The van der Waals surface area contributed by atoms with Crippen molar-refractivity contribution in [2.24, 2.45) is 40.3 Å². The molecule has 5 fully saturated rings. The molecule has 29 heteroatoms. The van der Waals surface area contributed by atoms with Gasteiger partial charge in [-0.25, -0.2) is 9.97 Å². The van der Waals surface area contributed by atoms with Crippen molar-refractivity contribution in [3.05, 3.63) is 60.7 Å². The average molecular weight is 1170 g/mol. The normalized spacial score (nSPS) is 34.9. The predicted octanol–water partition coefficient (Wildman–Crippen LogP) is -3.61. The molecule has 5 aliphatic rings. The van der Waals surface area contributed by atoms with Crippen molar-refractivity contribution < 1.29 is 63.8 Å². The third-order valence-electron chi connectivity index (χ3n) is 15.8. The summed E-state index contributed by atoms with van der Waals surface area (Å²) in [5.74, 6) is 1.90. The molecule has 0 amide bonds. The molecule has 5 aromatic rings. The Morgan fingerprint density at radius 3 is 2.02 bits per heavy atom. The molecular formula is C52H76N14O13S2. The standard InChI is InChI=1S/C52H76N14O13S2/c1-65-11-13-66(14-12-65)25-5-9-31-33(17-25)64-47(62-31)24-4-8-30-32(16-24)63-46(61-30)23-2-6-26(7-3-23)73-22-60-52(80)59-10-15-81-21-35-44(77-50-36(57)38(67)27(19-53)48(72)79-50)42(71)51(75-35)78-45-39(68)28(55)18-29(56)43(45)76-49-37(58)41(70)40(69)34(20-54)74-49/h2-9,16-17,27-29,34-45,48-51,67-72H,10-15,18-22,53-58H2,1H3,(H,61,63)(H,62,64)(H2,59,60,80)/t27-,28+,29-,34+,35+,36-,37-,38-,39+,40+,41+,42+,43+,44+,45+,48+,49+,50+,51-/m0/s1. The minimum atomic E-state index is -1.58. The maximum atomic E-state index is 11.8. The number of nitrogens with one attached hydrogen (secondary N) is 4. The Kier molecular flexibility index (Phi) is 19.3. The molecule has 0 unspecified atom stereocenters. The van der Waals surface area contributed by atoms with E-state index in [1.165, 1.54) is 17.4 Å². The number of aromatic amines is 2. The smallest absolute Gasteiger partial charge is 0.187 e. The van der Waals surface area contributed by atoms with E-state index in [0.29, 0.717) is 29.0 Å². The Bertz CT molecular complexity index is 2870. The van der Waals surface area contributed by atoms with Crippen molar-refractivity contribution in [2.75, 3.05) is 76.0 Å². The zero-order valence-corrected chi connectivity index (χ0v) is 46.3. The summed E-state index contributed by atoms with van der Waals surface area (Å²) in [6.45, 7) is 4.25. The number of aliphatic hydroxyl groups excluding tert-OH is 6. The summed E-state index contributed by atoms with van der Waals surface area (Å²) in [6.07, 6.45) is -18.6. The number of ether oxygens (including phenoxy) is 7. The average Bonchev–Trinajstić information content (AvgIpc) is 4.29. The zero-order chi connectivity index (χ0) is 57.2. The van der Waals surface area contributed by atoms with Gasteiger partial charge in [-0.3, -0.25) is 0 Å². The molecule has 0 bridgehead atoms. The summed E-state index contributed by atoms with van der Waals surface area (Å²) in [6, 6.07) is 15.8.